The van der Waals surface area contributed by atoms with Gasteiger partial charge in [0.05, 0.1) is 0 Å². The Hall–Kier alpha value is -1.30. The van der Waals surface area contributed by atoms with Crippen LogP contribution >= 0.6 is 0 Å². The highest BCUT2D eigenvalue weighted by molar-refractivity contribution is 5.82. The molecular weight excluding hydrogens is 222 g/mol. The van der Waals surface area contributed by atoms with Crippen molar-refractivity contribution in [2.24, 2.45) is 0 Å². The fourth-order valence-corrected chi connectivity index (χ4v) is 1.91. The van der Waals surface area contributed by atoms with Gasteiger partial charge in [-0.15, -0.1) is 0 Å². The number of hydrogen-bond acceptors (Lipinski definition) is 3. The number of piperazine rings is 1. The molecule has 6 nitrogen and oxygen atoms in total. The molecule has 2 N–H and O–H groups in total. The fourth-order valence-electron chi connectivity index (χ4n) is 1.91. The molecule has 1 heterocycles. The first-order chi connectivity index (χ1) is 7.82. The molecule has 1 rings (SSSR count). The van der Waals surface area contributed by atoms with Crippen LogP contribution in [0.25, 0.3) is 0 Å². The van der Waals surface area contributed by atoms with Crippen LogP contribution in [0.5, 0.6) is 0 Å². The van der Waals surface area contributed by atoms with Crippen LogP contribution in [-0.2, 0) is 4.79 Å². The Labute approximate surface area is 102 Å². The summed E-state index contributed by atoms with van der Waals surface area (Å²) in [6, 6.07) is -0.589. The van der Waals surface area contributed by atoms with E-state index < -0.39 is 12.0 Å². The van der Waals surface area contributed by atoms with E-state index in [4.69, 9.17) is 5.11 Å². The van der Waals surface area contributed by atoms with Gasteiger partial charge in [0.25, 0.3) is 0 Å². The third-order valence-corrected chi connectivity index (χ3v) is 3.36. The Balaban J connectivity index is 2.56. The summed E-state index contributed by atoms with van der Waals surface area (Å²) in [6.07, 6.45) is 0. The van der Waals surface area contributed by atoms with E-state index >= 15 is 0 Å². The van der Waals surface area contributed by atoms with Gasteiger partial charge >= 0.3 is 12.0 Å². The first-order valence-corrected chi connectivity index (χ1v) is 5.83. The van der Waals surface area contributed by atoms with Crippen molar-refractivity contribution < 1.29 is 14.7 Å². The van der Waals surface area contributed by atoms with Gasteiger partial charge in [-0.3, -0.25) is 9.69 Å². The van der Waals surface area contributed by atoms with Crippen LogP contribution in [0.15, 0.2) is 0 Å². The van der Waals surface area contributed by atoms with E-state index in [0.717, 1.165) is 0 Å². The molecule has 0 spiro atoms. The summed E-state index contributed by atoms with van der Waals surface area (Å²) in [6.45, 7) is 6.81. The highest BCUT2D eigenvalue weighted by atomic mass is 16.4. The molecular formula is C11H21N3O3. The minimum Gasteiger partial charge on any atom is -0.480 e. The van der Waals surface area contributed by atoms with E-state index in [2.05, 4.69) is 24.1 Å². The van der Waals surface area contributed by atoms with Crippen LogP contribution in [0.1, 0.15) is 20.8 Å². The summed E-state index contributed by atoms with van der Waals surface area (Å²) < 4.78 is 0. The van der Waals surface area contributed by atoms with Gasteiger partial charge in [0, 0.05) is 25.2 Å². The van der Waals surface area contributed by atoms with Crippen molar-refractivity contribution in [2.45, 2.75) is 38.9 Å². The number of carboxylic acids is 1. The lowest BCUT2D eigenvalue weighted by molar-refractivity contribution is -0.138. The van der Waals surface area contributed by atoms with Gasteiger partial charge in [-0.1, -0.05) is 0 Å². The maximum Gasteiger partial charge on any atom is 0.325 e. The highest BCUT2D eigenvalue weighted by Crippen LogP contribution is 2.13. The van der Waals surface area contributed by atoms with Crippen molar-refractivity contribution in [3.63, 3.8) is 0 Å². The largest absolute Gasteiger partial charge is 0.480 e. The van der Waals surface area contributed by atoms with Crippen molar-refractivity contribution in [1.82, 2.24) is 15.1 Å². The Morgan fingerprint density at radius 1 is 1.29 bits per heavy atom. The van der Waals surface area contributed by atoms with Crippen LogP contribution in [0.4, 0.5) is 4.79 Å². The number of amides is 2. The molecule has 0 aromatic rings. The second-order valence-electron chi connectivity index (χ2n) is 4.78. The molecule has 1 aliphatic heterocycles. The number of nitrogens with one attached hydrogen (secondary N) is 1. The molecule has 2 unspecified atom stereocenters. The van der Waals surface area contributed by atoms with E-state index in [0.29, 0.717) is 13.1 Å². The van der Waals surface area contributed by atoms with Gasteiger partial charge in [-0.25, -0.2) is 4.79 Å². The molecule has 0 aromatic heterocycles. The molecule has 1 aliphatic rings. The number of carboxylic acid groups (broad SMARTS) is 1. The van der Waals surface area contributed by atoms with Gasteiger partial charge in [0.1, 0.15) is 6.04 Å². The monoisotopic (exact) mass is 243 g/mol. The second kappa shape index (κ2) is 5.35. The minimum atomic E-state index is -1.02. The van der Waals surface area contributed by atoms with E-state index in [1.54, 1.807) is 4.90 Å². The normalized spacial score (nSPS) is 27.6. The molecule has 98 valence electrons. The molecule has 17 heavy (non-hydrogen) atoms. The van der Waals surface area contributed by atoms with Gasteiger partial charge in [-0.2, -0.15) is 0 Å². The topological polar surface area (TPSA) is 72.9 Å². The zero-order valence-electron chi connectivity index (χ0n) is 10.8. The predicted molar refractivity (Wildman–Crippen MR) is 63.9 cm³/mol. The number of likely N-dealkylation sites (N-methyl/N-ethyl adjacent to an activating group) is 1. The van der Waals surface area contributed by atoms with Gasteiger partial charge < -0.3 is 15.3 Å². The number of carbonyl (C=O) groups excluding carboxylic acids is 1. The van der Waals surface area contributed by atoms with Crippen molar-refractivity contribution in [3.05, 3.63) is 0 Å². The van der Waals surface area contributed by atoms with Crippen molar-refractivity contribution in [3.8, 4) is 0 Å². The Morgan fingerprint density at radius 2 is 1.76 bits per heavy atom. The molecule has 1 saturated heterocycles. The average molecular weight is 243 g/mol. The van der Waals surface area contributed by atoms with Gasteiger partial charge in [-0.05, 0) is 27.8 Å². The summed E-state index contributed by atoms with van der Waals surface area (Å²) in [7, 11) is 2.03. The highest BCUT2D eigenvalue weighted by Gasteiger charge is 2.30. The number of carbonyl (C=O) groups is 2. The lowest BCUT2D eigenvalue weighted by Gasteiger charge is -2.42. The molecule has 3 atom stereocenters. The summed E-state index contributed by atoms with van der Waals surface area (Å²) in [5.74, 6) is -1.02. The maximum atomic E-state index is 11.8. The van der Waals surface area contributed by atoms with Crippen molar-refractivity contribution in [2.75, 3.05) is 20.1 Å². The Bertz CT molecular complexity index is 296. The lowest BCUT2D eigenvalue weighted by Crippen LogP contribution is -2.59. The van der Waals surface area contributed by atoms with Gasteiger partial charge in [0.2, 0.25) is 0 Å². The van der Waals surface area contributed by atoms with Crippen molar-refractivity contribution >= 4 is 12.0 Å². The number of urea groups is 1. The summed E-state index contributed by atoms with van der Waals surface area (Å²) in [5.41, 5.74) is 0. The van der Waals surface area contributed by atoms with E-state index in [1.807, 2.05) is 7.05 Å². The van der Waals surface area contributed by atoms with Crippen molar-refractivity contribution in [1.29, 1.82) is 0 Å². The first-order valence-electron chi connectivity index (χ1n) is 5.83. The Kier molecular flexibility index (Phi) is 4.34. The molecule has 6 heteroatoms. The second-order valence-corrected chi connectivity index (χ2v) is 4.78. The number of hydrogen-bond donors (Lipinski definition) is 2. The lowest BCUT2D eigenvalue weighted by atomic mass is 10.1. The zero-order chi connectivity index (χ0) is 13.2. The van der Waals surface area contributed by atoms with Crippen LogP contribution < -0.4 is 5.32 Å². The van der Waals surface area contributed by atoms with E-state index in [9.17, 15) is 9.59 Å². The van der Waals surface area contributed by atoms with Crippen LogP contribution in [0.2, 0.25) is 0 Å². The van der Waals surface area contributed by atoms with Crippen LogP contribution in [-0.4, -0.2) is 65.2 Å². The minimum absolute atomic E-state index is 0.282. The standard InChI is InChI=1S/C11H21N3O3/c1-7-5-14(6-8(2)13(7)4)11(17)12-9(3)10(15)16/h7-9H,5-6H2,1-4H3,(H,12,17)(H,15,16)/t7?,8?,9-/m1/s1. The molecule has 1 fully saturated rings. The third-order valence-electron chi connectivity index (χ3n) is 3.36. The quantitative estimate of drug-likeness (QED) is 0.726. The van der Waals surface area contributed by atoms with E-state index in [1.165, 1.54) is 6.92 Å². The van der Waals surface area contributed by atoms with Gasteiger partial charge in [0.15, 0.2) is 0 Å². The maximum absolute atomic E-state index is 11.8. The smallest absolute Gasteiger partial charge is 0.325 e. The van der Waals surface area contributed by atoms with Crippen LogP contribution in [0.3, 0.4) is 0 Å². The Morgan fingerprint density at radius 3 is 2.18 bits per heavy atom. The summed E-state index contributed by atoms with van der Waals surface area (Å²) in [4.78, 5) is 26.4. The molecule has 0 bridgehead atoms. The zero-order valence-corrected chi connectivity index (χ0v) is 10.8. The molecule has 0 radical (unpaired) electrons. The fraction of sp³-hybridized carbons (Fsp3) is 0.818. The molecule has 0 aliphatic carbocycles. The summed E-state index contributed by atoms with van der Waals surface area (Å²) >= 11 is 0. The third kappa shape index (κ3) is 3.33. The van der Waals surface area contributed by atoms with Crippen LogP contribution in [0, 0.1) is 0 Å². The molecule has 0 saturated carbocycles. The molecule has 0 aromatic carbocycles. The predicted octanol–water partition coefficient (Wildman–Crippen LogP) is 0.194. The number of aliphatic carboxylic acids is 1. The number of nitrogens with zero attached hydrogens (tertiary/aromatic N) is 2. The average Bonchev–Trinajstić information content (AvgIpc) is 2.24. The van der Waals surface area contributed by atoms with E-state index in [-0.39, 0.29) is 18.1 Å². The first kappa shape index (κ1) is 13.8. The molecule has 2 amide bonds. The summed E-state index contributed by atoms with van der Waals surface area (Å²) in [5, 5.41) is 11.2. The SMILES string of the molecule is CC1CN(C(=O)N[C@H](C)C(=O)O)CC(C)N1C. The number of rotatable bonds is 2.